The Morgan fingerprint density at radius 3 is 2.68 bits per heavy atom. The SMILES string of the molecule is CCNC(CCOCC(F)F)c1ccc(F)c(Br)c1. The van der Waals surface area contributed by atoms with Gasteiger partial charge in [0, 0.05) is 12.6 Å². The molecule has 0 heterocycles. The summed E-state index contributed by atoms with van der Waals surface area (Å²) in [6.45, 7) is 2.36. The van der Waals surface area contributed by atoms with Crippen LogP contribution < -0.4 is 5.32 Å². The van der Waals surface area contributed by atoms with E-state index in [4.69, 9.17) is 4.74 Å². The highest BCUT2D eigenvalue weighted by atomic mass is 79.9. The first-order valence-corrected chi connectivity index (χ1v) is 6.88. The van der Waals surface area contributed by atoms with Crippen LogP contribution >= 0.6 is 15.9 Å². The fraction of sp³-hybridized carbons (Fsp3) is 0.538. The molecular formula is C13H17BrF3NO. The fourth-order valence-corrected chi connectivity index (χ4v) is 2.13. The van der Waals surface area contributed by atoms with Gasteiger partial charge in [-0.05, 0) is 46.6 Å². The molecule has 1 atom stereocenters. The van der Waals surface area contributed by atoms with Crippen molar-refractivity contribution in [2.45, 2.75) is 25.8 Å². The van der Waals surface area contributed by atoms with Crippen LogP contribution in [0, 0.1) is 5.82 Å². The largest absolute Gasteiger partial charge is 0.375 e. The van der Waals surface area contributed by atoms with Crippen molar-refractivity contribution >= 4 is 15.9 Å². The molecule has 1 unspecified atom stereocenters. The van der Waals surface area contributed by atoms with E-state index in [0.717, 1.165) is 12.1 Å². The number of halogens is 4. The average molecular weight is 340 g/mol. The second-order valence-corrected chi connectivity index (χ2v) is 4.89. The summed E-state index contributed by atoms with van der Waals surface area (Å²) in [5, 5.41) is 3.22. The minimum absolute atomic E-state index is 0.0421. The molecule has 0 fully saturated rings. The topological polar surface area (TPSA) is 21.3 Å². The summed E-state index contributed by atoms with van der Waals surface area (Å²) in [6.07, 6.45) is -1.89. The minimum Gasteiger partial charge on any atom is -0.375 e. The van der Waals surface area contributed by atoms with Gasteiger partial charge < -0.3 is 10.1 Å². The third-order valence-electron chi connectivity index (χ3n) is 2.59. The van der Waals surface area contributed by atoms with E-state index in [2.05, 4.69) is 21.2 Å². The summed E-state index contributed by atoms with van der Waals surface area (Å²) in [5.41, 5.74) is 0.899. The third kappa shape index (κ3) is 5.93. The maximum Gasteiger partial charge on any atom is 0.261 e. The van der Waals surface area contributed by atoms with Crippen molar-refractivity contribution in [1.82, 2.24) is 5.32 Å². The second kappa shape index (κ2) is 8.55. The van der Waals surface area contributed by atoms with Gasteiger partial charge in [0.05, 0.1) is 4.47 Å². The Balaban J connectivity index is 2.58. The maximum atomic E-state index is 13.2. The Labute approximate surface area is 119 Å². The lowest BCUT2D eigenvalue weighted by atomic mass is 10.0. The Hall–Kier alpha value is -0.590. The van der Waals surface area contributed by atoms with Gasteiger partial charge in [0.1, 0.15) is 12.4 Å². The van der Waals surface area contributed by atoms with Gasteiger partial charge in [-0.1, -0.05) is 13.0 Å². The van der Waals surface area contributed by atoms with Crippen LogP contribution in [-0.4, -0.2) is 26.2 Å². The molecule has 1 rings (SSSR count). The molecule has 0 amide bonds. The van der Waals surface area contributed by atoms with E-state index in [1.54, 1.807) is 12.1 Å². The van der Waals surface area contributed by atoms with Crippen LogP contribution in [0.4, 0.5) is 13.2 Å². The van der Waals surface area contributed by atoms with Crippen LogP contribution in [0.25, 0.3) is 0 Å². The third-order valence-corrected chi connectivity index (χ3v) is 3.20. The first kappa shape index (κ1) is 16.5. The van der Waals surface area contributed by atoms with Crippen LogP contribution in [0.2, 0.25) is 0 Å². The Morgan fingerprint density at radius 1 is 1.37 bits per heavy atom. The van der Waals surface area contributed by atoms with E-state index >= 15 is 0 Å². The highest BCUT2D eigenvalue weighted by molar-refractivity contribution is 9.10. The van der Waals surface area contributed by atoms with Gasteiger partial charge in [0.15, 0.2) is 0 Å². The zero-order chi connectivity index (χ0) is 14.3. The highest BCUT2D eigenvalue weighted by Gasteiger charge is 2.12. The number of nitrogens with one attached hydrogen (secondary N) is 1. The zero-order valence-corrected chi connectivity index (χ0v) is 12.2. The van der Waals surface area contributed by atoms with E-state index in [9.17, 15) is 13.2 Å². The molecule has 108 valence electrons. The van der Waals surface area contributed by atoms with E-state index in [1.165, 1.54) is 6.07 Å². The van der Waals surface area contributed by atoms with E-state index < -0.39 is 13.0 Å². The van der Waals surface area contributed by atoms with Gasteiger partial charge in [0.25, 0.3) is 6.43 Å². The summed E-state index contributed by atoms with van der Waals surface area (Å²) < 4.78 is 42.3. The molecular weight excluding hydrogens is 323 g/mol. The quantitative estimate of drug-likeness (QED) is 0.725. The number of ether oxygens (including phenoxy) is 1. The van der Waals surface area contributed by atoms with Crippen LogP contribution in [0.15, 0.2) is 22.7 Å². The fourth-order valence-electron chi connectivity index (χ4n) is 1.74. The van der Waals surface area contributed by atoms with Gasteiger partial charge in [-0.15, -0.1) is 0 Å². The van der Waals surface area contributed by atoms with Crippen molar-refractivity contribution in [3.05, 3.63) is 34.1 Å². The molecule has 1 aromatic carbocycles. The molecule has 0 aliphatic heterocycles. The Morgan fingerprint density at radius 2 is 2.11 bits per heavy atom. The molecule has 0 radical (unpaired) electrons. The maximum absolute atomic E-state index is 13.2. The van der Waals surface area contributed by atoms with Crippen molar-refractivity contribution in [2.75, 3.05) is 19.8 Å². The lowest BCUT2D eigenvalue weighted by Crippen LogP contribution is -2.23. The number of hydrogen-bond acceptors (Lipinski definition) is 2. The summed E-state index contributed by atoms with van der Waals surface area (Å²) in [6, 6.07) is 4.71. The smallest absolute Gasteiger partial charge is 0.261 e. The predicted molar refractivity (Wildman–Crippen MR) is 72.0 cm³/mol. The molecule has 0 aliphatic rings. The number of benzene rings is 1. The van der Waals surface area contributed by atoms with E-state index in [0.29, 0.717) is 10.9 Å². The van der Waals surface area contributed by atoms with Crippen molar-refractivity contribution in [1.29, 1.82) is 0 Å². The standard InChI is InChI=1S/C13H17BrF3NO/c1-2-18-12(5-6-19-8-13(16)17)9-3-4-11(15)10(14)7-9/h3-4,7,12-13,18H,2,5-6,8H2,1H3. The first-order chi connectivity index (χ1) is 9.04. The molecule has 0 aliphatic carbocycles. The molecule has 0 aromatic heterocycles. The lowest BCUT2D eigenvalue weighted by molar-refractivity contribution is 0.0144. The predicted octanol–water partition coefficient (Wildman–Crippen LogP) is 3.91. The summed E-state index contributed by atoms with van der Waals surface area (Å²) >= 11 is 3.13. The van der Waals surface area contributed by atoms with Crippen molar-refractivity contribution in [2.24, 2.45) is 0 Å². The van der Waals surface area contributed by atoms with Gasteiger partial charge in [-0.25, -0.2) is 13.2 Å². The van der Waals surface area contributed by atoms with Gasteiger partial charge in [0.2, 0.25) is 0 Å². The van der Waals surface area contributed by atoms with E-state index in [-0.39, 0.29) is 18.5 Å². The summed E-state index contributed by atoms with van der Waals surface area (Å²) in [5.74, 6) is -0.326. The second-order valence-electron chi connectivity index (χ2n) is 4.04. The average Bonchev–Trinajstić information content (AvgIpc) is 2.36. The number of rotatable bonds is 8. The zero-order valence-electron chi connectivity index (χ0n) is 10.6. The van der Waals surface area contributed by atoms with Gasteiger partial charge in [-0.2, -0.15) is 0 Å². The molecule has 0 spiro atoms. The first-order valence-electron chi connectivity index (χ1n) is 6.08. The molecule has 6 heteroatoms. The Bertz CT molecular complexity index is 390. The normalized spacial score (nSPS) is 12.9. The van der Waals surface area contributed by atoms with Crippen LogP contribution in [0.1, 0.15) is 24.9 Å². The number of hydrogen-bond donors (Lipinski definition) is 1. The summed E-state index contributed by atoms with van der Waals surface area (Å²) in [7, 11) is 0. The van der Waals surface area contributed by atoms with Gasteiger partial charge >= 0.3 is 0 Å². The van der Waals surface area contributed by atoms with E-state index in [1.807, 2.05) is 6.92 Å². The summed E-state index contributed by atoms with van der Waals surface area (Å²) in [4.78, 5) is 0. The van der Waals surface area contributed by atoms with Crippen molar-refractivity contribution in [3.8, 4) is 0 Å². The molecule has 0 bridgehead atoms. The monoisotopic (exact) mass is 339 g/mol. The molecule has 2 nitrogen and oxygen atoms in total. The number of alkyl halides is 2. The van der Waals surface area contributed by atoms with Crippen molar-refractivity contribution in [3.63, 3.8) is 0 Å². The van der Waals surface area contributed by atoms with Crippen LogP contribution in [0.3, 0.4) is 0 Å². The molecule has 1 N–H and O–H groups in total. The van der Waals surface area contributed by atoms with Crippen LogP contribution in [-0.2, 0) is 4.74 Å². The molecule has 0 saturated heterocycles. The molecule has 19 heavy (non-hydrogen) atoms. The molecule has 0 saturated carbocycles. The molecule has 1 aromatic rings. The van der Waals surface area contributed by atoms with Crippen molar-refractivity contribution < 1.29 is 17.9 Å². The lowest BCUT2D eigenvalue weighted by Gasteiger charge is -2.18. The van der Waals surface area contributed by atoms with Gasteiger partial charge in [-0.3, -0.25) is 0 Å². The Kier molecular flexibility index (Phi) is 7.41. The van der Waals surface area contributed by atoms with Crippen LogP contribution in [0.5, 0.6) is 0 Å². The highest BCUT2D eigenvalue weighted by Crippen LogP contribution is 2.23. The minimum atomic E-state index is -2.45.